The second-order valence-electron chi connectivity index (χ2n) is 3.70. The minimum atomic E-state index is -0.559. The zero-order valence-electron chi connectivity index (χ0n) is 8.05. The maximum atomic E-state index is 10.3. The van der Waals surface area contributed by atoms with Crippen LogP contribution < -0.4 is 5.32 Å². The summed E-state index contributed by atoms with van der Waals surface area (Å²) in [6, 6.07) is 3.22. The molecule has 1 aromatic rings. The van der Waals surface area contributed by atoms with Crippen molar-refractivity contribution < 1.29 is 14.4 Å². The van der Waals surface area contributed by atoms with Crippen molar-refractivity contribution in [2.24, 2.45) is 0 Å². The van der Waals surface area contributed by atoms with Gasteiger partial charge in [-0.3, -0.25) is 10.1 Å². The first-order valence-electron chi connectivity index (χ1n) is 4.79. The smallest absolute Gasteiger partial charge is 0.404 e. The molecule has 0 spiro atoms. The highest BCUT2D eigenvalue weighted by molar-refractivity contribution is 5.17. The van der Waals surface area contributed by atoms with E-state index >= 15 is 0 Å². The van der Waals surface area contributed by atoms with Crippen LogP contribution in [0.25, 0.3) is 0 Å². The fraction of sp³-hybridized carbons (Fsp3) is 0.556. The second-order valence-corrected chi connectivity index (χ2v) is 3.70. The number of nitro groups is 1. The SMILES string of the molecule is O=[N+]([O-])c1ccc(CNC2CC(O)C2)o1. The van der Waals surface area contributed by atoms with Crippen LogP contribution in [-0.4, -0.2) is 22.2 Å². The lowest BCUT2D eigenvalue weighted by Gasteiger charge is -2.31. The van der Waals surface area contributed by atoms with Gasteiger partial charge in [0.25, 0.3) is 0 Å². The number of rotatable bonds is 4. The summed E-state index contributed by atoms with van der Waals surface area (Å²) in [5.41, 5.74) is 0. The van der Waals surface area contributed by atoms with Crippen LogP contribution >= 0.6 is 0 Å². The second kappa shape index (κ2) is 4.00. The number of nitrogens with zero attached hydrogens (tertiary/aromatic N) is 1. The van der Waals surface area contributed by atoms with Crippen molar-refractivity contribution in [3.05, 3.63) is 28.0 Å². The molecule has 1 fully saturated rings. The van der Waals surface area contributed by atoms with E-state index in [-0.39, 0.29) is 12.0 Å². The van der Waals surface area contributed by atoms with Gasteiger partial charge in [-0.1, -0.05) is 0 Å². The van der Waals surface area contributed by atoms with Gasteiger partial charge in [0.15, 0.2) is 0 Å². The van der Waals surface area contributed by atoms with Gasteiger partial charge < -0.3 is 14.8 Å². The molecule has 1 aliphatic carbocycles. The van der Waals surface area contributed by atoms with Crippen molar-refractivity contribution in [1.82, 2.24) is 5.32 Å². The van der Waals surface area contributed by atoms with Crippen molar-refractivity contribution >= 4 is 5.88 Å². The van der Waals surface area contributed by atoms with Crippen molar-refractivity contribution in [3.63, 3.8) is 0 Å². The van der Waals surface area contributed by atoms with Crippen LogP contribution in [0.5, 0.6) is 0 Å². The van der Waals surface area contributed by atoms with E-state index in [0.29, 0.717) is 18.3 Å². The summed E-state index contributed by atoms with van der Waals surface area (Å²) in [6.45, 7) is 0.464. The quantitative estimate of drug-likeness (QED) is 0.569. The van der Waals surface area contributed by atoms with Crippen LogP contribution in [0.1, 0.15) is 18.6 Å². The van der Waals surface area contributed by atoms with E-state index in [1.807, 2.05) is 0 Å². The number of aliphatic hydroxyl groups excluding tert-OH is 1. The van der Waals surface area contributed by atoms with E-state index in [2.05, 4.69) is 5.32 Å². The molecule has 15 heavy (non-hydrogen) atoms. The predicted octanol–water partition coefficient (Wildman–Crippen LogP) is 0.801. The summed E-state index contributed by atoms with van der Waals surface area (Å²) in [7, 11) is 0. The molecule has 0 saturated heterocycles. The maximum Gasteiger partial charge on any atom is 0.433 e. The highest BCUT2D eigenvalue weighted by Gasteiger charge is 2.26. The zero-order chi connectivity index (χ0) is 10.8. The molecule has 2 N–H and O–H groups in total. The number of hydrogen-bond donors (Lipinski definition) is 2. The molecular formula is C9H12N2O4. The van der Waals surface area contributed by atoms with E-state index in [0.717, 1.165) is 12.8 Å². The van der Waals surface area contributed by atoms with Crippen LogP contribution in [0.2, 0.25) is 0 Å². The van der Waals surface area contributed by atoms with Crippen LogP contribution in [0, 0.1) is 10.1 Å². The maximum absolute atomic E-state index is 10.3. The Balaban J connectivity index is 1.81. The molecule has 0 amide bonds. The number of aliphatic hydroxyl groups is 1. The molecule has 0 atom stereocenters. The van der Waals surface area contributed by atoms with E-state index < -0.39 is 4.92 Å². The van der Waals surface area contributed by atoms with Crippen molar-refractivity contribution in [2.75, 3.05) is 0 Å². The normalized spacial score (nSPS) is 24.9. The van der Waals surface area contributed by atoms with E-state index in [9.17, 15) is 10.1 Å². The Morgan fingerprint density at radius 1 is 1.60 bits per heavy atom. The van der Waals surface area contributed by atoms with Crippen molar-refractivity contribution in [2.45, 2.75) is 31.5 Å². The standard InChI is InChI=1S/C9H12N2O4/c12-7-3-6(4-7)10-5-8-1-2-9(15-8)11(13)14/h1-2,6-7,10,12H,3-5H2. The summed E-state index contributed by atoms with van der Waals surface area (Å²) >= 11 is 0. The lowest BCUT2D eigenvalue weighted by Crippen LogP contribution is -2.43. The first-order valence-corrected chi connectivity index (χ1v) is 4.79. The molecule has 0 radical (unpaired) electrons. The van der Waals surface area contributed by atoms with E-state index in [4.69, 9.17) is 9.52 Å². The Bertz CT molecular complexity index is 357. The molecule has 6 nitrogen and oxygen atoms in total. The van der Waals surface area contributed by atoms with Crippen LogP contribution in [0.4, 0.5) is 5.88 Å². The molecule has 0 aliphatic heterocycles. The van der Waals surface area contributed by atoms with E-state index in [1.54, 1.807) is 6.07 Å². The van der Waals surface area contributed by atoms with Gasteiger partial charge in [-0.25, -0.2) is 0 Å². The highest BCUT2D eigenvalue weighted by Crippen LogP contribution is 2.21. The summed E-state index contributed by atoms with van der Waals surface area (Å²) in [4.78, 5) is 9.76. The van der Waals surface area contributed by atoms with Crippen LogP contribution in [0.15, 0.2) is 16.5 Å². The molecule has 1 saturated carbocycles. The monoisotopic (exact) mass is 212 g/mol. The third-order valence-electron chi connectivity index (χ3n) is 2.51. The topological polar surface area (TPSA) is 88.5 Å². The van der Waals surface area contributed by atoms with Gasteiger partial charge in [0.1, 0.15) is 10.7 Å². The summed E-state index contributed by atoms with van der Waals surface area (Å²) in [5, 5.41) is 22.5. The Kier molecular flexibility index (Phi) is 2.70. The van der Waals surface area contributed by atoms with Gasteiger partial charge in [0.05, 0.1) is 18.7 Å². The average molecular weight is 212 g/mol. The first-order chi connectivity index (χ1) is 7.15. The molecule has 82 valence electrons. The number of nitrogens with one attached hydrogen (secondary N) is 1. The Hall–Kier alpha value is -1.40. The molecule has 2 rings (SSSR count). The first kappa shape index (κ1) is 10.1. The fourth-order valence-corrected chi connectivity index (χ4v) is 1.56. The molecular weight excluding hydrogens is 200 g/mol. The zero-order valence-corrected chi connectivity index (χ0v) is 8.05. The van der Waals surface area contributed by atoms with Gasteiger partial charge in [0, 0.05) is 6.04 Å². The van der Waals surface area contributed by atoms with Gasteiger partial charge in [-0.05, 0) is 18.9 Å². The molecule has 0 aromatic carbocycles. The van der Waals surface area contributed by atoms with Gasteiger partial charge in [0.2, 0.25) is 0 Å². The Morgan fingerprint density at radius 2 is 2.33 bits per heavy atom. The lowest BCUT2D eigenvalue weighted by molar-refractivity contribution is -0.402. The molecule has 1 heterocycles. The predicted molar refractivity (Wildman–Crippen MR) is 51.2 cm³/mol. The minimum absolute atomic E-state index is 0.201. The minimum Gasteiger partial charge on any atom is -0.404 e. The lowest BCUT2D eigenvalue weighted by atomic mass is 9.89. The average Bonchev–Trinajstić information content (AvgIpc) is 2.59. The highest BCUT2D eigenvalue weighted by atomic mass is 16.6. The number of furan rings is 1. The molecule has 0 unspecified atom stereocenters. The largest absolute Gasteiger partial charge is 0.433 e. The molecule has 1 aromatic heterocycles. The van der Waals surface area contributed by atoms with E-state index in [1.165, 1.54) is 6.07 Å². The molecule has 6 heteroatoms. The fourth-order valence-electron chi connectivity index (χ4n) is 1.56. The summed E-state index contributed by atoms with van der Waals surface area (Å²) < 4.78 is 4.97. The Labute approximate surface area is 86.0 Å². The van der Waals surface area contributed by atoms with Crippen LogP contribution in [-0.2, 0) is 6.54 Å². The molecule has 0 bridgehead atoms. The third-order valence-corrected chi connectivity index (χ3v) is 2.51. The summed E-state index contributed by atoms with van der Waals surface area (Å²) in [6.07, 6.45) is 1.28. The van der Waals surface area contributed by atoms with Crippen LogP contribution in [0.3, 0.4) is 0 Å². The van der Waals surface area contributed by atoms with Gasteiger partial charge >= 0.3 is 5.88 Å². The van der Waals surface area contributed by atoms with Gasteiger partial charge in [-0.2, -0.15) is 0 Å². The third kappa shape index (κ3) is 2.34. The molecule has 1 aliphatic rings. The van der Waals surface area contributed by atoms with Gasteiger partial charge in [-0.15, -0.1) is 0 Å². The summed E-state index contributed by atoms with van der Waals surface area (Å²) in [5.74, 6) is 0.309. The van der Waals surface area contributed by atoms with Crippen molar-refractivity contribution in [1.29, 1.82) is 0 Å². The number of hydrogen-bond acceptors (Lipinski definition) is 5. The Morgan fingerprint density at radius 3 is 2.87 bits per heavy atom. The van der Waals surface area contributed by atoms with Crippen molar-refractivity contribution in [3.8, 4) is 0 Å².